The molecule has 0 bridgehead atoms. The molecule has 0 saturated heterocycles. The Morgan fingerprint density at radius 3 is 2.50 bits per heavy atom. The molecule has 0 aliphatic rings. The maximum absolute atomic E-state index is 12.5. The molecule has 0 amide bonds. The number of benzene rings is 2. The topological polar surface area (TPSA) is 44.6 Å². The summed E-state index contributed by atoms with van der Waals surface area (Å²) in [6.45, 7) is 0. The van der Waals surface area contributed by atoms with Gasteiger partial charge >= 0.3 is 6.18 Å². The van der Waals surface area contributed by atoms with Crippen molar-refractivity contribution >= 4 is 11.9 Å². The van der Waals surface area contributed by atoms with Crippen LogP contribution in [0.3, 0.4) is 0 Å². The number of hydrogen-bond acceptors (Lipinski definition) is 3. The van der Waals surface area contributed by atoms with E-state index in [4.69, 9.17) is 0 Å². The molecular formula is C14H11F3N2O. The number of nitrogens with zero attached hydrogens (tertiary/aromatic N) is 1. The molecule has 0 heterocycles. The average Bonchev–Trinajstić information content (AvgIpc) is 2.40. The van der Waals surface area contributed by atoms with E-state index < -0.39 is 11.7 Å². The number of aromatic hydroxyl groups is 1. The summed E-state index contributed by atoms with van der Waals surface area (Å²) in [7, 11) is 0. The first kappa shape index (κ1) is 13.9. The molecule has 20 heavy (non-hydrogen) atoms. The van der Waals surface area contributed by atoms with Gasteiger partial charge in [-0.1, -0.05) is 18.2 Å². The van der Waals surface area contributed by atoms with Crippen LogP contribution in [0.1, 0.15) is 11.1 Å². The van der Waals surface area contributed by atoms with Gasteiger partial charge in [-0.25, -0.2) is 0 Å². The summed E-state index contributed by atoms with van der Waals surface area (Å²) >= 11 is 0. The number of phenolic OH excluding ortho intramolecular Hbond substituents is 1. The summed E-state index contributed by atoms with van der Waals surface area (Å²) in [6, 6.07) is 11.2. The van der Waals surface area contributed by atoms with E-state index in [1.54, 1.807) is 18.2 Å². The predicted octanol–water partition coefficient (Wildman–Crippen LogP) is 3.86. The number of phenols is 1. The smallest absolute Gasteiger partial charge is 0.416 e. The normalized spacial score (nSPS) is 11.8. The van der Waals surface area contributed by atoms with Crippen LogP contribution in [0.5, 0.6) is 5.75 Å². The lowest BCUT2D eigenvalue weighted by Crippen LogP contribution is -2.05. The predicted molar refractivity (Wildman–Crippen MR) is 70.8 cm³/mol. The van der Waals surface area contributed by atoms with Crippen molar-refractivity contribution in [2.24, 2.45) is 5.10 Å². The first-order valence-corrected chi connectivity index (χ1v) is 5.71. The van der Waals surface area contributed by atoms with E-state index in [0.717, 1.165) is 12.1 Å². The third-order valence-corrected chi connectivity index (χ3v) is 2.52. The van der Waals surface area contributed by atoms with E-state index in [2.05, 4.69) is 10.5 Å². The SMILES string of the molecule is Oc1ccccc1/C=N/Nc1cccc(C(F)(F)F)c1. The first-order chi connectivity index (χ1) is 9.47. The van der Waals surface area contributed by atoms with Crippen molar-refractivity contribution in [2.45, 2.75) is 6.18 Å². The standard InChI is InChI=1S/C14H11F3N2O/c15-14(16,17)11-5-3-6-12(8-11)19-18-9-10-4-1-2-7-13(10)20/h1-9,19-20H/b18-9+. The zero-order valence-electron chi connectivity index (χ0n) is 10.2. The first-order valence-electron chi connectivity index (χ1n) is 5.71. The van der Waals surface area contributed by atoms with E-state index in [-0.39, 0.29) is 11.4 Å². The van der Waals surface area contributed by atoms with Gasteiger partial charge in [0.15, 0.2) is 0 Å². The van der Waals surface area contributed by atoms with Gasteiger partial charge in [-0.05, 0) is 30.3 Å². The van der Waals surface area contributed by atoms with Crippen LogP contribution in [0.15, 0.2) is 53.6 Å². The third-order valence-electron chi connectivity index (χ3n) is 2.52. The van der Waals surface area contributed by atoms with E-state index in [1.807, 2.05) is 0 Å². The summed E-state index contributed by atoms with van der Waals surface area (Å²) < 4.78 is 37.5. The molecule has 0 atom stereocenters. The zero-order valence-corrected chi connectivity index (χ0v) is 10.2. The van der Waals surface area contributed by atoms with E-state index in [1.165, 1.54) is 24.4 Å². The largest absolute Gasteiger partial charge is 0.507 e. The van der Waals surface area contributed by atoms with Crippen LogP contribution in [0.2, 0.25) is 0 Å². The quantitative estimate of drug-likeness (QED) is 0.662. The van der Waals surface area contributed by atoms with Crippen molar-refractivity contribution < 1.29 is 18.3 Å². The van der Waals surface area contributed by atoms with Gasteiger partial charge in [-0.2, -0.15) is 18.3 Å². The van der Waals surface area contributed by atoms with Crippen molar-refractivity contribution in [3.8, 4) is 5.75 Å². The molecule has 104 valence electrons. The molecule has 2 N–H and O–H groups in total. The number of anilines is 1. The van der Waals surface area contributed by atoms with E-state index >= 15 is 0 Å². The molecule has 0 radical (unpaired) electrons. The van der Waals surface area contributed by atoms with Crippen molar-refractivity contribution in [3.63, 3.8) is 0 Å². The van der Waals surface area contributed by atoms with Crippen LogP contribution in [0, 0.1) is 0 Å². The Bertz CT molecular complexity index is 624. The number of hydrazone groups is 1. The van der Waals surface area contributed by atoms with Crippen molar-refractivity contribution in [2.75, 3.05) is 5.43 Å². The van der Waals surface area contributed by atoms with E-state index in [9.17, 15) is 18.3 Å². The molecule has 0 unspecified atom stereocenters. The lowest BCUT2D eigenvalue weighted by atomic mass is 10.2. The highest BCUT2D eigenvalue weighted by Crippen LogP contribution is 2.30. The van der Waals surface area contributed by atoms with Crippen LogP contribution in [-0.2, 0) is 6.18 Å². The van der Waals surface area contributed by atoms with Crippen LogP contribution in [0.25, 0.3) is 0 Å². The van der Waals surface area contributed by atoms with E-state index in [0.29, 0.717) is 5.56 Å². The maximum atomic E-state index is 12.5. The Morgan fingerprint density at radius 2 is 1.80 bits per heavy atom. The second-order valence-corrected chi connectivity index (χ2v) is 4.01. The van der Waals surface area contributed by atoms with Crippen molar-refractivity contribution in [1.82, 2.24) is 0 Å². The molecule has 0 aliphatic heterocycles. The lowest BCUT2D eigenvalue weighted by Gasteiger charge is -2.08. The summed E-state index contributed by atoms with van der Waals surface area (Å²) in [5.41, 5.74) is 2.42. The Hall–Kier alpha value is -2.50. The Balaban J connectivity index is 2.10. The summed E-state index contributed by atoms with van der Waals surface area (Å²) in [6.07, 6.45) is -3.06. The van der Waals surface area contributed by atoms with Crippen LogP contribution < -0.4 is 5.43 Å². The highest BCUT2D eigenvalue weighted by Gasteiger charge is 2.30. The molecule has 2 aromatic carbocycles. The number of hydrogen-bond donors (Lipinski definition) is 2. The number of alkyl halides is 3. The molecule has 2 rings (SSSR count). The molecule has 2 aromatic rings. The van der Waals surface area contributed by atoms with Crippen molar-refractivity contribution in [3.05, 3.63) is 59.7 Å². The maximum Gasteiger partial charge on any atom is 0.416 e. The number of para-hydroxylation sites is 1. The Kier molecular flexibility index (Phi) is 3.93. The fraction of sp³-hybridized carbons (Fsp3) is 0.0714. The fourth-order valence-electron chi connectivity index (χ4n) is 1.54. The fourth-order valence-corrected chi connectivity index (χ4v) is 1.54. The molecule has 6 heteroatoms. The summed E-state index contributed by atoms with van der Waals surface area (Å²) in [5, 5.41) is 13.3. The number of halogens is 3. The minimum atomic E-state index is -4.39. The van der Waals surface area contributed by atoms with Gasteiger partial charge in [0.2, 0.25) is 0 Å². The minimum absolute atomic E-state index is 0.0436. The molecular weight excluding hydrogens is 269 g/mol. The summed E-state index contributed by atoms with van der Waals surface area (Å²) in [4.78, 5) is 0. The third kappa shape index (κ3) is 3.50. The molecule has 3 nitrogen and oxygen atoms in total. The Morgan fingerprint density at radius 1 is 1.05 bits per heavy atom. The minimum Gasteiger partial charge on any atom is -0.507 e. The monoisotopic (exact) mass is 280 g/mol. The zero-order chi connectivity index (χ0) is 14.6. The number of nitrogens with one attached hydrogen (secondary N) is 1. The van der Waals surface area contributed by atoms with Gasteiger partial charge in [0.05, 0.1) is 17.5 Å². The molecule has 0 spiro atoms. The van der Waals surface area contributed by atoms with Gasteiger partial charge < -0.3 is 5.11 Å². The number of rotatable bonds is 3. The molecule has 0 aliphatic carbocycles. The highest BCUT2D eigenvalue weighted by molar-refractivity contribution is 5.83. The second kappa shape index (κ2) is 5.64. The second-order valence-electron chi connectivity index (χ2n) is 4.01. The van der Waals surface area contributed by atoms with Crippen LogP contribution >= 0.6 is 0 Å². The highest BCUT2D eigenvalue weighted by atomic mass is 19.4. The summed E-state index contributed by atoms with van der Waals surface area (Å²) in [5.74, 6) is 0.0436. The Labute approximate surface area is 113 Å². The van der Waals surface area contributed by atoms with Gasteiger partial charge in [-0.15, -0.1) is 0 Å². The molecule has 0 fully saturated rings. The molecule has 0 saturated carbocycles. The van der Waals surface area contributed by atoms with Gasteiger partial charge in [0.25, 0.3) is 0 Å². The van der Waals surface area contributed by atoms with Gasteiger partial charge in [-0.3, -0.25) is 5.43 Å². The lowest BCUT2D eigenvalue weighted by molar-refractivity contribution is -0.137. The average molecular weight is 280 g/mol. The molecule has 0 aromatic heterocycles. The van der Waals surface area contributed by atoms with Crippen LogP contribution in [-0.4, -0.2) is 11.3 Å². The van der Waals surface area contributed by atoms with Crippen molar-refractivity contribution in [1.29, 1.82) is 0 Å². The van der Waals surface area contributed by atoms with Gasteiger partial charge in [0.1, 0.15) is 5.75 Å². The van der Waals surface area contributed by atoms with Crippen LogP contribution in [0.4, 0.5) is 18.9 Å². The van der Waals surface area contributed by atoms with Gasteiger partial charge in [0, 0.05) is 5.56 Å².